The quantitative estimate of drug-likeness (QED) is 0.0262. The smallest absolute Gasteiger partial charge is 0.306 e. The fourth-order valence-electron chi connectivity index (χ4n) is 7.43. The van der Waals surface area contributed by atoms with Crippen LogP contribution in [0, 0.1) is 0 Å². The van der Waals surface area contributed by atoms with Crippen LogP contribution in [0.3, 0.4) is 0 Å². The van der Waals surface area contributed by atoms with E-state index in [4.69, 9.17) is 14.2 Å². The van der Waals surface area contributed by atoms with Gasteiger partial charge in [0, 0.05) is 19.3 Å². The van der Waals surface area contributed by atoms with Gasteiger partial charge < -0.3 is 14.2 Å². The molecule has 0 saturated heterocycles. The molecular formula is C57H100O6. The van der Waals surface area contributed by atoms with Crippen LogP contribution in [0.25, 0.3) is 0 Å². The highest BCUT2D eigenvalue weighted by atomic mass is 16.6. The second-order valence-corrected chi connectivity index (χ2v) is 17.8. The van der Waals surface area contributed by atoms with E-state index in [1.54, 1.807) is 0 Å². The normalized spacial score (nSPS) is 12.5. The van der Waals surface area contributed by atoms with Crippen molar-refractivity contribution < 1.29 is 28.6 Å². The minimum absolute atomic E-state index is 0.0925. The molecule has 0 bridgehead atoms. The van der Waals surface area contributed by atoms with Crippen molar-refractivity contribution in [3.8, 4) is 0 Å². The number of ether oxygens (including phenoxy) is 3. The maximum Gasteiger partial charge on any atom is 0.306 e. The molecule has 0 saturated carbocycles. The molecule has 0 aromatic rings. The van der Waals surface area contributed by atoms with Crippen LogP contribution in [-0.2, 0) is 28.6 Å². The lowest BCUT2D eigenvalue weighted by Crippen LogP contribution is -2.30. The molecule has 0 aliphatic heterocycles. The monoisotopic (exact) mass is 881 g/mol. The van der Waals surface area contributed by atoms with Gasteiger partial charge >= 0.3 is 17.9 Å². The number of hydrogen-bond donors (Lipinski definition) is 0. The fraction of sp³-hybridized carbons (Fsp3) is 0.772. The van der Waals surface area contributed by atoms with E-state index in [1.165, 1.54) is 141 Å². The Labute approximate surface area is 390 Å². The lowest BCUT2D eigenvalue weighted by molar-refractivity contribution is -0.167. The average Bonchev–Trinajstić information content (AvgIpc) is 3.28. The Morgan fingerprint density at radius 2 is 0.587 bits per heavy atom. The van der Waals surface area contributed by atoms with Crippen LogP contribution in [0.1, 0.15) is 265 Å². The number of carbonyl (C=O) groups is 3. The van der Waals surface area contributed by atoms with E-state index in [-0.39, 0.29) is 37.5 Å². The van der Waals surface area contributed by atoms with Crippen molar-refractivity contribution in [3.05, 3.63) is 60.8 Å². The average molecular weight is 881 g/mol. The lowest BCUT2D eigenvalue weighted by Gasteiger charge is -2.18. The highest BCUT2D eigenvalue weighted by Crippen LogP contribution is 2.15. The Balaban J connectivity index is 4.46. The van der Waals surface area contributed by atoms with Crippen LogP contribution in [0.15, 0.2) is 60.8 Å². The molecule has 0 heterocycles. The maximum atomic E-state index is 12.8. The SMILES string of the molecule is CCCCC/C=C\C/C=C\C/C=C\C/C=C\CCCC(=O)OCC(COC(=O)CCCCCCCCCCCCCC)OC(=O)CCCCCCC/C=C\CCCCCCCCC. The van der Waals surface area contributed by atoms with Crippen LogP contribution in [0.4, 0.5) is 0 Å². The van der Waals surface area contributed by atoms with Gasteiger partial charge in [-0.2, -0.15) is 0 Å². The van der Waals surface area contributed by atoms with E-state index in [0.717, 1.165) is 77.0 Å². The van der Waals surface area contributed by atoms with E-state index in [2.05, 4.69) is 81.5 Å². The van der Waals surface area contributed by atoms with Crippen LogP contribution in [0.2, 0.25) is 0 Å². The van der Waals surface area contributed by atoms with E-state index in [1.807, 2.05) is 0 Å². The molecule has 0 amide bonds. The lowest BCUT2D eigenvalue weighted by atomic mass is 10.0. The van der Waals surface area contributed by atoms with Crippen LogP contribution >= 0.6 is 0 Å². The van der Waals surface area contributed by atoms with E-state index in [9.17, 15) is 14.4 Å². The van der Waals surface area contributed by atoms with Gasteiger partial charge in [0.05, 0.1) is 0 Å². The largest absolute Gasteiger partial charge is 0.462 e. The molecule has 1 unspecified atom stereocenters. The maximum absolute atomic E-state index is 12.8. The summed E-state index contributed by atoms with van der Waals surface area (Å²) >= 11 is 0. The summed E-state index contributed by atoms with van der Waals surface area (Å²) in [5.41, 5.74) is 0. The Kier molecular flexibility index (Phi) is 49.4. The number of carbonyl (C=O) groups excluding carboxylic acids is 3. The van der Waals surface area contributed by atoms with Gasteiger partial charge in [-0.25, -0.2) is 0 Å². The van der Waals surface area contributed by atoms with Gasteiger partial charge in [0.25, 0.3) is 0 Å². The van der Waals surface area contributed by atoms with Crippen molar-refractivity contribution in [1.29, 1.82) is 0 Å². The molecule has 0 aromatic carbocycles. The molecular weight excluding hydrogens is 781 g/mol. The summed E-state index contributed by atoms with van der Waals surface area (Å²) in [4.78, 5) is 38.0. The molecule has 0 spiro atoms. The molecule has 6 heteroatoms. The number of esters is 3. The molecule has 364 valence electrons. The first-order valence-electron chi connectivity index (χ1n) is 26.8. The van der Waals surface area contributed by atoms with E-state index >= 15 is 0 Å². The van der Waals surface area contributed by atoms with E-state index < -0.39 is 6.10 Å². The van der Waals surface area contributed by atoms with Gasteiger partial charge in [-0.05, 0) is 83.5 Å². The summed E-state index contributed by atoms with van der Waals surface area (Å²) in [5.74, 6) is -0.953. The zero-order chi connectivity index (χ0) is 45.8. The predicted molar refractivity (Wildman–Crippen MR) is 270 cm³/mol. The zero-order valence-electron chi connectivity index (χ0n) is 41.6. The number of hydrogen-bond acceptors (Lipinski definition) is 6. The Hall–Kier alpha value is -2.89. The fourth-order valence-corrected chi connectivity index (χ4v) is 7.43. The summed E-state index contributed by atoms with van der Waals surface area (Å²) in [7, 11) is 0. The van der Waals surface area contributed by atoms with Gasteiger partial charge in [0.1, 0.15) is 13.2 Å². The topological polar surface area (TPSA) is 78.9 Å². The summed E-state index contributed by atoms with van der Waals surface area (Å²) in [6.07, 6.45) is 63.5. The van der Waals surface area contributed by atoms with Gasteiger partial charge in [-0.1, -0.05) is 223 Å². The molecule has 0 radical (unpaired) electrons. The number of rotatable bonds is 48. The van der Waals surface area contributed by atoms with E-state index in [0.29, 0.717) is 19.3 Å². The first-order chi connectivity index (χ1) is 31.0. The summed E-state index contributed by atoms with van der Waals surface area (Å²) in [5, 5.41) is 0. The second kappa shape index (κ2) is 51.7. The molecule has 1 atom stereocenters. The highest BCUT2D eigenvalue weighted by Gasteiger charge is 2.19. The van der Waals surface area contributed by atoms with Crippen molar-refractivity contribution in [3.63, 3.8) is 0 Å². The number of unbranched alkanes of at least 4 members (excludes halogenated alkanes) is 27. The molecule has 0 fully saturated rings. The Morgan fingerprint density at radius 1 is 0.317 bits per heavy atom. The Bertz CT molecular complexity index is 1150. The first kappa shape index (κ1) is 60.1. The molecule has 0 aliphatic carbocycles. The zero-order valence-corrected chi connectivity index (χ0v) is 41.6. The van der Waals surface area contributed by atoms with Crippen molar-refractivity contribution in [1.82, 2.24) is 0 Å². The van der Waals surface area contributed by atoms with Crippen molar-refractivity contribution in [2.45, 2.75) is 271 Å². The molecule has 0 N–H and O–H groups in total. The summed E-state index contributed by atoms with van der Waals surface area (Å²) in [6, 6.07) is 0. The van der Waals surface area contributed by atoms with Gasteiger partial charge in [-0.3, -0.25) is 14.4 Å². The third-order valence-corrected chi connectivity index (χ3v) is 11.5. The van der Waals surface area contributed by atoms with Crippen molar-refractivity contribution >= 4 is 17.9 Å². The minimum atomic E-state index is -0.797. The molecule has 0 aromatic heterocycles. The summed E-state index contributed by atoms with van der Waals surface area (Å²) < 4.78 is 16.8. The Morgan fingerprint density at radius 3 is 1.00 bits per heavy atom. The van der Waals surface area contributed by atoms with Crippen LogP contribution < -0.4 is 0 Å². The third-order valence-electron chi connectivity index (χ3n) is 11.5. The van der Waals surface area contributed by atoms with Gasteiger partial charge in [0.15, 0.2) is 6.10 Å². The number of allylic oxidation sites excluding steroid dienone is 10. The van der Waals surface area contributed by atoms with Crippen molar-refractivity contribution in [2.75, 3.05) is 13.2 Å². The second-order valence-electron chi connectivity index (χ2n) is 17.8. The molecule has 0 rings (SSSR count). The van der Waals surface area contributed by atoms with Crippen LogP contribution in [-0.4, -0.2) is 37.2 Å². The molecule has 0 aliphatic rings. The first-order valence-corrected chi connectivity index (χ1v) is 26.8. The van der Waals surface area contributed by atoms with Crippen LogP contribution in [0.5, 0.6) is 0 Å². The highest BCUT2D eigenvalue weighted by molar-refractivity contribution is 5.71. The summed E-state index contributed by atoms with van der Waals surface area (Å²) in [6.45, 7) is 6.56. The molecule has 63 heavy (non-hydrogen) atoms. The third kappa shape index (κ3) is 50.0. The minimum Gasteiger partial charge on any atom is -0.462 e. The standard InChI is InChI=1S/C57H100O6/c1-4-7-10-13-16-19-22-25-27-29-31-32-35-38-41-44-47-50-56(59)62-53-54(52-61-55(58)49-46-43-40-37-34-24-21-18-15-12-9-6-3)63-57(60)51-48-45-42-39-36-33-30-28-26-23-20-17-14-11-8-5-2/h16,19,25,27-28,30-32,38,41,54H,4-15,17-18,20-24,26,29,33-37,39-40,42-53H2,1-3H3/b19-16-,27-25-,30-28-,32-31-,41-38-. The van der Waals surface area contributed by atoms with Gasteiger partial charge in [-0.15, -0.1) is 0 Å². The predicted octanol–water partition coefficient (Wildman–Crippen LogP) is 17.6. The van der Waals surface area contributed by atoms with Gasteiger partial charge in [0.2, 0.25) is 0 Å². The molecule has 6 nitrogen and oxygen atoms in total. The van der Waals surface area contributed by atoms with Crippen molar-refractivity contribution in [2.24, 2.45) is 0 Å².